The molecule has 4 N–H and O–H groups in total. The molecule has 0 saturated heterocycles. The largest absolute Gasteiger partial charge is 0.463 e. The van der Waals surface area contributed by atoms with Gasteiger partial charge in [-0.15, -0.1) is 10.2 Å². The van der Waals surface area contributed by atoms with E-state index in [0.29, 0.717) is 51.8 Å². The molecule has 9 rings (SSSR count). The number of carbonyl (C=O) groups is 1. The van der Waals surface area contributed by atoms with Gasteiger partial charge < -0.3 is 25.0 Å². The highest BCUT2D eigenvalue weighted by Gasteiger charge is 2.23. The molecule has 0 fully saturated rings. The predicted molar refractivity (Wildman–Crippen MR) is 210 cm³/mol. The Morgan fingerprint density at radius 1 is 0.831 bits per heavy atom. The first-order valence-electron chi connectivity index (χ1n) is 17.8. The van der Waals surface area contributed by atoms with Crippen molar-refractivity contribution in [2.75, 3.05) is 11.5 Å². The second-order valence-electron chi connectivity index (χ2n) is 14.2. The number of carbonyl (C=O) groups excluding carboxylic acids is 1. The van der Waals surface area contributed by atoms with Crippen LogP contribution in [-0.2, 0) is 17.8 Å². The molecule has 0 radical (unpaired) electrons. The number of fused-ring (bicyclic) bond motifs is 3. The lowest BCUT2D eigenvalue weighted by atomic mass is 10.1. The molecule has 298 valence electrons. The van der Waals surface area contributed by atoms with Crippen molar-refractivity contribution < 1.29 is 27.7 Å². The number of anilines is 2. The number of hydrogen-bond donors (Lipinski definition) is 2. The van der Waals surface area contributed by atoms with E-state index >= 15 is 0 Å². The molecule has 0 aliphatic heterocycles. The van der Waals surface area contributed by atoms with Gasteiger partial charge in [-0.1, -0.05) is 22.1 Å². The van der Waals surface area contributed by atoms with Crippen LogP contribution in [0.4, 0.5) is 26.8 Å². The smallest absolute Gasteiger partial charge is 0.419 e. The number of halogens is 1. The highest BCUT2D eigenvalue weighted by atomic mass is 19.1. The van der Waals surface area contributed by atoms with Crippen molar-refractivity contribution in [2.24, 2.45) is 0 Å². The van der Waals surface area contributed by atoms with Gasteiger partial charge in [-0.2, -0.15) is 9.97 Å². The fourth-order valence-electron chi connectivity index (χ4n) is 6.35. The topological polar surface area (TPSA) is 266 Å². The van der Waals surface area contributed by atoms with Crippen molar-refractivity contribution in [3.8, 4) is 22.9 Å². The van der Waals surface area contributed by atoms with Crippen LogP contribution in [0, 0.1) is 22.9 Å². The van der Waals surface area contributed by atoms with Gasteiger partial charge >= 0.3 is 6.09 Å². The van der Waals surface area contributed by atoms with Crippen LogP contribution in [0.25, 0.3) is 56.1 Å². The van der Waals surface area contributed by atoms with Gasteiger partial charge in [-0.05, 0) is 75.7 Å². The maximum absolute atomic E-state index is 14.1. The highest BCUT2D eigenvalue weighted by Crippen LogP contribution is 2.29. The van der Waals surface area contributed by atoms with Crippen molar-refractivity contribution in [3.63, 3.8) is 0 Å². The summed E-state index contributed by atoms with van der Waals surface area (Å²) in [6.07, 6.45) is 4.31. The fourth-order valence-corrected chi connectivity index (χ4v) is 6.35. The summed E-state index contributed by atoms with van der Waals surface area (Å²) in [5, 5.41) is 28.2. The van der Waals surface area contributed by atoms with Gasteiger partial charge in [0, 0.05) is 23.2 Å². The van der Waals surface area contributed by atoms with Crippen LogP contribution in [0.5, 0.6) is 0 Å². The van der Waals surface area contributed by atoms with E-state index in [0.717, 1.165) is 28.1 Å². The number of nitrogens with two attached hydrogens (primary N) is 2. The Labute approximate surface area is 331 Å². The first-order valence-corrected chi connectivity index (χ1v) is 17.8. The molecule has 0 amide bonds. The molecular formula is C38H33FN14O6. The maximum atomic E-state index is 14.1. The number of nitrogen functional groups attached to an aromatic ring is 2. The molecule has 21 heteroatoms. The number of non-ortho nitro benzene ring substituents is 1. The zero-order valence-corrected chi connectivity index (χ0v) is 31.8. The van der Waals surface area contributed by atoms with E-state index in [1.807, 2.05) is 45.9 Å². The minimum atomic E-state index is -0.726. The van der Waals surface area contributed by atoms with Crippen LogP contribution in [0.1, 0.15) is 37.5 Å². The van der Waals surface area contributed by atoms with Crippen LogP contribution >= 0.6 is 0 Å². The third kappa shape index (κ3) is 7.58. The van der Waals surface area contributed by atoms with Crippen LogP contribution in [-0.4, -0.2) is 71.1 Å². The molecule has 7 aromatic heterocycles. The average Bonchev–Trinajstić information content (AvgIpc) is 4.03. The molecule has 0 atom stereocenters. The van der Waals surface area contributed by atoms with Crippen molar-refractivity contribution in [2.45, 2.75) is 46.4 Å². The van der Waals surface area contributed by atoms with Gasteiger partial charge in [0.25, 0.3) is 5.69 Å². The van der Waals surface area contributed by atoms with Crippen molar-refractivity contribution in [1.29, 1.82) is 0 Å². The molecular weight excluding hydrogens is 768 g/mol. The average molecular weight is 801 g/mol. The van der Waals surface area contributed by atoms with Gasteiger partial charge in [0.1, 0.15) is 22.8 Å². The second kappa shape index (κ2) is 14.8. The lowest BCUT2D eigenvalue weighted by Crippen LogP contribution is -2.27. The fraction of sp³-hybridized carbons (Fsp3) is 0.184. The van der Waals surface area contributed by atoms with Crippen LogP contribution in [0.2, 0.25) is 0 Å². The SMILES string of the molecule is Cc1cc(Cn2nnc3c(-c4ccco4)nc(N)nc32)c2c(ccn2C(=O)OC(C)(C)C)c1.Nc1nc(-c2ccco2)c2nnn(Cc3ccc([N+](=O)[O-])cc3F)c2n1. The molecule has 0 unspecified atom stereocenters. The number of hydrogen-bond acceptors (Lipinski definition) is 16. The summed E-state index contributed by atoms with van der Waals surface area (Å²) in [7, 11) is 0. The van der Waals surface area contributed by atoms with Crippen LogP contribution in [0.15, 0.2) is 88.2 Å². The Bertz CT molecular complexity index is 3020. The number of furan rings is 2. The standard InChI is InChI=1S/C23H23N7O3.C15H10FN7O3/c1-13-10-14-7-8-29(22(31)33-23(2,3)4)19(14)15(11-13)12-30-20-18(27-28-30)17(25-21(24)26-20)16-6-5-9-32-16;16-10-6-9(23(24)25)4-3-8(10)7-22-14-13(20-21-22)12(18-15(17)19-14)11-2-1-5-26-11/h5-11H,12H2,1-4H3,(H2,24,25,26);1-6H,7H2,(H2,17,18,19). The monoisotopic (exact) mass is 800 g/mol. The van der Waals surface area contributed by atoms with E-state index in [-0.39, 0.29) is 29.7 Å². The van der Waals surface area contributed by atoms with Crippen LogP contribution in [0.3, 0.4) is 0 Å². The molecule has 59 heavy (non-hydrogen) atoms. The molecule has 0 spiro atoms. The number of ether oxygens (including phenoxy) is 1. The highest BCUT2D eigenvalue weighted by molar-refractivity contribution is 5.93. The third-order valence-corrected chi connectivity index (χ3v) is 8.75. The van der Waals surface area contributed by atoms with E-state index in [9.17, 15) is 19.3 Å². The van der Waals surface area contributed by atoms with Crippen molar-refractivity contribution in [3.05, 3.63) is 112 Å². The Kier molecular flexibility index (Phi) is 9.46. The lowest BCUT2D eigenvalue weighted by molar-refractivity contribution is -0.385. The summed E-state index contributed by atoms with van der Waals surface area (Å²) in [5.74, 6) is 0.312. The first kappa shape index (κ1) is 37.8. The van der Waals surface area contributed by atoms with Gasteiger partial charge in [0.05, 0.1) is 42.1 Å². The zero-order chi connectivity index (χ0) is 41.6. The molecule has 0 aliphatic carbocycles. The maximum Gasteiger partial charge on any atom is 0.419 e. The van der Waals surface area contributed by atoms with Gasteiger partial charge in [-0.3, -0.25) is 14.7 Å². The normalized spacial score (nSPS) is 11.6. The Morgan fingerprint density at radius 3 is 1.92 bits per heavy atom. The number of aryl methyl sites for hydroxylation is 1. The molecule has 9 aromatic rings. The number of aromatic nitrogens is 11. The molecule has 0 bridgehead atoms. The molecule has 0 saturated carbocycles. The Balaban J connectivity index is 0.000000169. The van der Waals surface area contributed by atoms with Crippen LogP contribution < -0.4 is 11.5 Å². The number of nitro benzene ring substituents is 1. The third-order valence-electron chi connectivity index (χ3n) is 8.75. The zero-order valence-electron chi connectivity index (χ0n) is 31.8. The van der Waals surface area contributed by atoms with Gasteiger partial charge in [0.2, 0.25) is 11.9 Å². The van der Waals surface area contributed by atoms with E-state index in [1.165, 1.54) is 27.6 Å². The molecule has 20 nitrogen and oxygen atoms in total. The number of nitro groups is 1. The number of benzene rings is 2. The van der Waals surface area contributed by atoms with E-state index in [1.54, 1.807) is 41.4 Å². The summed E-state index contributed by atoms with van der Waals surface area (Å²) in [6.45, 7) is 7.80. The van der Waals surface area contributed by atoms with Gasteiger partial charge in [0.15, 0.2) is 33.8 Å². The van der Waals surface area contributed by atoms with E-state index < -0.39 is 22.4 Å². The Hall–Kier alpha value is -8.10. The molecule has 2 aromatic carbocycles. The summed E-state index contributed by atoms with van der Waals surface area (Å²) in [4.78, 5) is 39.8. The minimum absolute atomic E-state index is 0.0170. The number of nitrogens with zero attached hydrogens (tertiary/aromatic N) is 12. The van der Waals surface area contributed by atoms with E-state index in [2.05, 4.69) is 40.6 Å². The predicted octanol–water partition coefficient (Wildman–Crippen LogP) is 6.32. The summed E-state index contributed by atoms with van der Waals surface area (Å²) in [5.41, 5.74) is 16.1. The van der Waals surface area contributed by atoms with Crippen molar-refractivity contribution in [1.82, 2.24) is 54.5 Å². The summed E-state index contributed by atoms with van der Waals surface area (Å²) in [6, 6.07) is 16.2. The second-order valence-corrected chi connectivity index (χ2v) is 14.2. The minimum Gasteiger partial charge on any atom is -0.463 e. The summed E-state index contributed by atoms with van der Waals surface area (Å²) < 4.78 is 35.0. The molecule has 7 heterocycles. The quantitative estimate of drug-likeness (QED) is 0.132. The number of rotatable bonds is 7. The van der Waals surface area contributed by atoms with Gasteiger partial charge in [-0.25, -0.2) is 28.5 Å². The van der Waals surface area contributed by atoms with E-state index in [4.69, 9.17) is 25.0 Å². The lowest BCUT2D eigenvalue weighted by Gasteiger charge is -2.20. The molecule has 0 aliphatic rings. The summed E-state index contributed by atoms with van der Waals surface area (Å²) >= 11 is 0. The Morgan fingerprint density at radius 2 is 1.41 bits per heavy atom. The first-order chi connectivity index (χ1) is 28.2. The van der Waals surface area contributed by atoms with Crippen molar-refractivity contribution >= 4 is 56.9 Å².